The van der Waals surface area contributed by atoms with E-state index in [0.717, 1.165) is 25.5 Å². The number of benzene rings is 1. The molecule has 0 saturated carbocycles. The van der Waals surface area contributed by atoms with Crippen molar-refractivity contribution < 1.29 is 4.79 Å². The lowest BCUT2D eigenvalue weighted by Gasteiger charge is -2.24. The number of hydrogen-bond acceptors (Lipinski definition) is 2. The summed E-state index contributed by atoms with van der Waals surface area (Å²) in [5.41, 5.74) is 1.16. The van der Waals surface area contributed by atoms with Crippen molar-refractivity contribution in [2.75, 3.05) is 26.7 Å². The van der Waals surface area contributed by atoms with Gasteiger partial charge in [-0.15, -0.1) is 24.0 Å². The van der Waals surface area contributed by atoms with E-state index in [0.29, 0.717) is 5.92 Å². The molecule has 2 rings (SSSR count). The number of nitrogens with one attached hydrogen (secondary N) is 2. The van der Waals surface area contributed by atoms with Crippen molar-refractivity contribution in [2.24, 2.45) is 4.99 Å². The lowest BCUT2D eigenvalue weighted by Crippen LogP contribution is -2.48. The fourth-order valence-corrected chi connectivity index (χ4v) is 2.90. The van der Waals surface area contributed by atoms with Crippen LogP contribution in [0.25, 0.3) is 0 Å². The fraction of sp³-hybridized carbons (Fsp3) is 0.556. The largest absolute Gasteiger partial charge is 0.350 e. The van der Waals surface area contributed by atoms with Crippen molar-refractivity contribution in [3.63, 3.8) is 0 Å². The molecule has 1 unspecified atom stereocenters. The Morgan fingerprint density at radius 1 is 1.29 bits per heavy atom. The van der Waals surface area contributed by atoms with Gasteiger partial charge in [-0.2, -0.15) is 0 Å². The van der Waals surface area contributed by atoms with Crippen molar-refractivity contribution in [1.29, 1.82) is 0 Å². The van der Waals surface area contributed by atoms with Gasteiger partial charge >= 0.3 is 0 Å². The van der Waals surface area contributed by atoms with Crippen LogP contribution < -0.4 is 10.6 Å². The highest BCUT2D eigenvalue weighted by Crippen LogP contribution is 2.26. The first-order valence-corrected chi connectivity index (χ1v) is 8.20. The number of carbonyl (C=O) groups is 1. The van der Waals surface area contributed by atoms with E-state index in [1.165, 1.54) is 5.56 Å². The number of carbonyl (C=O) groups excluding carboxylic acids is 1. The molecule has 1 saturated heterocycles. The van der Waals surface area contributed by atoms with Crippen molar-refractivity contribution in [3.8, 4) is 0 Å². The lowest BCUT2D eigenvalue weighted by molar-refractivity contribution is -0.121. The molecule has 0 spiro atoms. The maximum atomic E-state index is 11.9. The van der Waals surface area contributed by atoms with Crippen LogP contribution in [-0.4, -0.2) is 49.0 Å². The Morgan fingerprint density at radius 3 is 2.54 bits per heavy atom. The second-order valence-electron chi connectivity index (χ2n) is 7.04. The molecule has 1 fully saturated rings. The van der Waals surface area contributed by atoms with E-state index in [4.69, 9.17) is 0 Å². The number of hydrogen-bond donors (Lipinski definition) is 2. The molecule has 1 atom stereocenters. The summed E-state index contributed by atoms with van der Waals surface area (Å²) in [5, 5.41) is 6.12. The first-order chi connectivity index (χ1) is 10.9. The predicted octanol–water partition coefficient (Wildman–Crippen LogP) is 2.58. The smallest absolute Gasteiger partial charge is 0.239 e. The maximum absolute atomic E-state index is 11.9. The summed E-state index contributed by atoms with van der Waals surface area (Å²) in [6.07, 6.45) is 1.11. The number of guanidine groups is 1. The molecular formula is C18H29IN4O. The Labute approximate surface area is 162 Å². The molecule has 0 aromatic heterocycles. The van der Waals surface area contributed by atoms with Crippen LogP contribution in [0.1, 0.15) is 38.7 Å². The standard InChI is InChI=1S/C18H28N4O.HI/c1-18(2,3)21-16(23)12-20-17(19-4)22-11-10-15(13-22)14-8-6-5-7-9-14;/h5-9,15H,10-13H2,1-4H3,(H,19,20)(H,21,23);1H. The molecule has 0 bridgehead atoms. The number of nitrogens with zero attached hydrogens (tertiary/aromatic N) is 2. The van der Waals surface area contributed by atoms with Crippen LogP contribution in [0.5, 0.6) is 0 Å². The molecule has 6 heteroatoms. The van der Waals surface area contributed by atoms with Gasteiger partial charge < -0.3 is 15.5 Å². The number of amides is 1. The van der Waals surface area contributed by atoms with Crippen molar-refractivity contribution in [3.05, 3.63) is 35.9 Å². The molecule has 24 heavy (non-hydrogen) atoms. The SMILES string of the molecule is CN=C(NCC(=O)NC(C)(C)C)N1CCC(c2ccccc2)C1.I. The van der Waals surface area contributed by atoms with E-state index in [2.05, 4.69) is 44.8 Å². The van der Waals surface area contributed by atoms with E-state index >= 15 is 0 Å². The molecule has 1 aliphatic rings. The fourth-order valence-electron chi connectivity index (χ4n) is 2.90. The average molecular weight is 444 g/mol. The first kappa shape index (κ1) is 20.7. The molecule has 134 valence electrons. The molecule has 2 N–H and O–H groups in total. The summed E-state index contributed by atoms with van der Waals surface area (Å²) in [4.78, 5) is 18.5. The quantitative estimate of drug-likeness (QED) is 0.428. The Hall–Kier alpha value is -1.31. The van der Waals surface area contributed by atoms with E-state index in [9.17, 15) is 4.79 Å². The zero-order valence-corrected chi connectivity index (χ0v) is 17.3. The third kappa shape index (κ3) is 6.30. The molecule has 0 aliphatic carbocycles. The van der Waals surface area contributed by atoms with Gasteiger partial charge in [0.25, 0.3) is 0 Å². The Kier molecular flexibility index (Phi) is 7.99. The highest BCUT2D eigenvalue weighted by Gasteiger charge is 2.26. The number of halogens is 1. The molecule has 0 radical (unpaired) electrons. The summed E-state index contributed by atoms with van der Waals surface area (Å²) in [7, 11) is 1.76. The van der Waals surface area contributed by atoms with Crippen LogP contribution in [0.4, 0.5) is 0 Å². The topological polar surface area (TPSA) is 56.7 Å². The van der Waals surface area contributed by atoms with Gasteiger partial charge in [-0.05, 0) is 32.8 Å². The lowest BCUT2D eigenvalue weighted by atomic mass is 9.99. The van der Waals surface area contributed by atoms with Gasteiger partial charge in [0.15, 0.2) is 5.96 Å². The van der Waals surface area contributed by atoms with Crippen LogP contribution in [0.3, 0.4) is 0 Å². The minimum absolute atomic E-state index is 0. The third-order valence-electron chi connectivity index (χ3n) is 3.89. The van der Waals surface area contributed by atoms with E-state index in [-0.39, 0.29) is 42.0 Å². The van der Waals surface area contributed by atoms with Crippen LogP contribution in [0, 0.1) is 0 Å². The highest BCUT2D eigenvalue weighted by atomic mass is 127. The Bertz CT molecular complexity index is 554. The number of rotatable bonds is 3. The molecule has 5 nitrogen and oxygen atoms in total. The first-order valence-electron chi connectivity index (χ1n) is 8.20. The minimum atomic E-state index is -0.214. The Balaban J connectivity index is 0.00000288. The van der Waals surface area contributed by atoms with E-state index in [1.807, 2.05) is 26.8 Å². The third-order valence-corrected chi connectivity index (χ3v) is 3.89. The zero-order valence-electron chi connectivity index (χ0n) is 15.0. The van der Waals surface area contributed by atoms with Crippen molar-refractivity contribution in [1.82, 2.24) is 15.5 Å². The number of likely N-dealkylation sites (tertiary alicyclic amines) is 1. The highest BCUT2D eigenvalue weighted by molar-refractivity contribution is 14.0. The van der Waals surface area contributed by atoms with Crippen molar-refractivity contribution >= 4 is 35.8 Å². The van der Waals surface area contributed by atoms with Gasteiger partial charge in [0, 0.05) is 31.6 Å². The van der Waals surface area contributed by atoms with Crippen LogP contribution in [0.2, 0.25) is 0 Å². The summed E-state index contributed by atoms with van der Waals surface area (Å²) in [5.74, 6) is 1.31. The summed E-state index contributed by atoms with van der Waals surface area (Å²) >= 11 is 0. The van der Waals surface area contributed by atoms with E-state index in [1.54, 1.807) is 7.05 Å². The summed E-state index contributed by atoms with van der Waals surface area (Å²) in [6.45, 7) is 8.07. The number of aliphatic imine (C=N–C) groups is 1. The van der Waals surface area contributed by atoms with Gasteiger partial charge in [-0.25, -0.2) is 0 Å². The zero-order chi connectivity index (χ0) is 16.9. The van der Waals surface area contributed by atoms with Gasteiger partial charge in [0.1, 0.15) is 0 Å². The predicted molar refractivity (Wildman–Crippen MR) is 110 cm³/mol. The maximum Gasteiger partial charge on any atom is 0.239 e. The van der Waals surface area contributed by atoms with Gasteiger partial charge in [0.05, 0.1) is 6.54 Å². The van der Waals surface area contributed by atoms with Crippen LogP contribution in [-0.2, 0) is 4.79 Å². The normalized spacial score (nSPS) is 18.1. The van der Waals surface area contributed by atoms with Gasteiger partial charge in [0.2, 0.25) is 5.91 Å². The van der Waals surface area contributed by atoms with Gasteiger partial charge in [-0.1, -0.05) is 30.3 Å². The average Bonchev–Trinajstić information content (AvgIpc) is 2.97. The Morgan fingerprint density at radius 2 is 1.96 bits per heavy atom. The summed E-state index contributed by atoms with van der Waals surface area (Å²) in [6, 6.07) is 10.6. The second-order valence-corrected chi connectivity index (χ2v) is 7.04. The van der Waals surface area contributed by atoms with Crippen LogP contribution in [0.15, 0.2) is 35.3 Å². The minimum Gasteiger partial charge on any atom is -0.350 e. The van der Waals surface area contributed by atoms with E-state index < -0.39 is 0 Å². The molecule has 1 amide bonds. The summed E-state index contributed by atoms with van der Waals surface area (Å²) < 4.78 is 0. The second kappa shape index (κ2) is 9.25. The van der Waals surface area contributed by atoms with Crippen molar-refractivity contribution in [2.45, 2.75) is 38.6 Å². The molecule has 1 heterocycles. The molecule has 1 aromatic rings. The molecule has 1 aliphatic heterocycles. The molecular weight excluding hydrogens is 415 g/mol. The van der Waals surface area contributed by atoms with Crippen LogP contribution >= 0.6 is 24.0 Å². The molecule has 1 aromatic carbocycles. The monoisotopic (exact) mass is 444 g/mol. The van der Waals surface area contributed by atoms with Gasteiger partial charge in [-0.3, -0.25) is 9.79 Å².